The van der Waals surface area contributed by atoms with E-state index in [2.05, 4.69) is 20.9 Å². The first kappa shape index (κ1) is 12.4. The van der Waals surface area contributed by atoms with Gasteiger partial charge in [0, 0.05) is 16.8 Å². The highest BCUT2D eigenvalue weighted by Gasteiger charge is 2.10. The number of halogens is 1. The molecule has 0 saturated heterocycles. The number of nitro benzene ring substituents is 1. The summed E-state index contributed by atoms with van der Waals surface area (Å²) in [6, 6.07) is 13.9. The fourth-order valence-corrected chi connectivity index (χ4v) is 1.68. The van der Waals surface area contributed by atoms with Gasteiger partial charge < -0.3 is 0 Å². The first-order valence-electron chi connectivity index (χ1n) is 5.20. The van der Waals surface area contributed by atoms with Gasteiger partial charge in [-0.1, -0.05) is 40.2 Å². The van der Waals surface area contributed by atoms with Crippen LogP contribution in [-0.2, 0) is 0 Å². The number of nitro groups is 1. The Morgan fingerprint density at radius 1 is 1.11 bits per heavy atom. The van der Waals surface area contributed by atoms with Crippen LogP contribution in [0.15, 0.2) is 58.0 Å². The van der Waals surface area contributed by atoms with Crippen molar-refractivity contribution in [2.45, 2.75) is 0 Å². The molecule has 2 aromatic rings. The van der Waals surface area contributed by atoms with E-state index >= 15 is 0 Å². The van der Waals surface area contributed by atoms with Gasteiger partial charge in [-0.05, 0) is 23.8 Å². The maximum atomic E-state index is 10.8. The van der Waals surface area contributed by atoms with E-state index in [4.69, 9.17) is 0 Å². The number of rotatable bonds is 3. The molecule has 0 atom stereocenters. The molecule has 0 fully saturated rings. The van der Waals surface area contributed by atoms with Gasteiger partial charge in [-0.15, -0.1) is 0 Å². The Hall–Kier alpha value is -2.01. The molecule has 0 aromatic heterocycles. The largest absolute Gasteiger partial charge is 0.294 e. The maximum absolute atomic E-state index is 10.8. The highest BCUT2D eigenvalue weighted by atomic mass is 79.9. The van der Waals surface area contributed by atoms with Gasteiger partial charge in [0.2, 0.25) is 0 Å². The Morgan fingerprint density at radius 2 is 1.78 bits per heavy atom. The topological polar surface area (TPSA) is 55.5 Å². The zero-order valence-electron chi connectivity index (χ0n) is 9.29. The Kier molecular flexibility index (Phi) is 3.84. The molecule has 0 bridgehead atoms. The van der Waals surface area contributed by atoms with E-state index in [1.54, 1.807) is 24.4 Å². The van der Waals surface area contributed by atoms with Crippen molar-refractivity contribution in [3.8, 4) is 0 Å². The molecule has 4 nitrogen and oxygen atoms in total. The van der Waals surface area contributed by atoms with Crippen molar-refractivity contribution >= 4 is 33.5 Å². The third-order valence-electron chi connectivity index (χ3n) is 2.30. The lowest BCUT2D eigenvalue weighted by molar-refractivity contribution is -0.384. The number of para-hydroxylation sites is 2. The lowest BCUT2D eigenvalue weighted by atomic mass is 10.2. The van der Waals surface area contributed by atoms with Crippen LogP contribution in [0.2, 0.25) is 0 Å². The zero-order chi connectivity index (χ0) is 13.0. The summed E-state index contributed by atoms with van der Waals surface area (Å²) >= 11 is 3.34. The van der Waals surface area contributed by atoms with E-state index in [0.717, 1.165) is 10.0 Å². The lowest BCUT2D eigenvalue weighted by Gasteiger charge is -1.96. The van der Waals surface area contributed by atoms with Crippen molar-refractivity contribution in [2.24, 2.45) is 4.99 Å². The van der Waals surface area contributed by atoms with Crippen LogP contribution in [-0.4, -0.2) is 11.1 Å². The minimum absolute atomic E-state index is 0.00543. The number of aliphatic imine (C=N–C) groups is 1. The smallest absolute Gasteiger partial charge is 0.258 e. The molecule has 0 saturated carbocycles. The van der Waals surface area contributed by atoms with E-state index in [1.807, 2.05) is 24.3 Å². The highest BCUT2D eigenvalue weighted by Crippen LogP contribution is 2.26. The predicted molar refractivity (Wildman–Crippen MR) is 74.5 cm³/mol. The average molecular weight is 305 g/mol. The molecule has 18 heavy (non-hydrogen) atoms. The van der Waals surface area contributed by atoms with E-state index in [-0.39, 0.29) is 5.69 Å². The fourth-order valence-electron chi connectivity index (χ4n) is 1.42. The van der Waals surface area contributed by atoms with Crippen molar-refractivity contribution in [3.05, 3.63) is 68.7 Å². The van der Waals surface area contributed by atoms with Gasteiger partial charge in [-0.3, -0.25) is 10.1 Å². The summed E-state index contributed by atoms with van der Waals surface area (Å²) in [7, 11) is 0. The van der Waals surface area contributed by atoms with Crippen molar-refractivity contribution in [1.82, 2.24) is 0 Å². The van der Waals surface area contributed by atoms with Gasteiger partial charge in [-0.2, -0.15) is 0 Å². The SMILES string of the molecule is O=[N+]([O-])c1ccccc1N=Cc1ccc(Br)cc1. The highest BCUT2D eigenvalue weighted by molar-refractivity contribution is 9.10. The van der Waals surface area contributed by atoms with Crippen LogP contribution < -0.4 is 0 Å². The summed E-state index contributed by atoms with van der Waals surface area (Å²) in [6.07, 6.45) is 1.61. The van der Waals surface area contributed by atoms with Crippen LogP contribution in [0.1, 0.15) is 5.56 Å². The van der Waals surface area contributed by atoms with Gasteiger partial charge in [0.1, 0.15) is 5.69 Å². The van der Waals surface area contributed by atoms with Crippen molar-refractivity contribution < 1.29 is 4.92 Å². The van der Waals surface area contributed by atoms with E-state index in [9.17, 15) is 10.1 Å². The molecule has 0 heterocycles. The number of hydrogen-bond acceptors (Lipinski definition) is 3. The summed E-state index contributed by atoms with van der Waals surface area (Å²) in [5, 5.41) is 10.8. The van der Waals surface area contributed by atoms with Gasteiger partial charge >= 0.3 is 0 Å². The minimum Gasteiger partial charge on any atom is -0.258 e. The minimum atomic E-state index is -0.436. The van der Waals surface area contributed by atoms with E-state index in [0.29, 0.717) is 5.69 Å². The fraction of sp³-hybridized carbons (Fsp3) is 0. The molecule has 0 aliphatic carbocycles. The number of benzene rings is 2. The van der Waals surface area contributed by atoms with Gasteiger partial charge in [0.25, 0.3) is 5.69 Å². The predicted octanol–water partition coefficient (Wildman–Crippen LogP) is 4.11. The van der Waals surface area contributed by atoms with Crippen molar-refractivity contribution in [1.29, 1.82) is 0 Å². The van der Waals surface area contributed by atoms with Crippen LogP contribution in [0.3, 0.4) is 0 Å². The van der Waals surface area contributed by atoms with Gasteiger partial charge in [-0.25, -0.2) is 4.99 Å². The first-order chi connectivity index (χ1) is 8.66. The van der Waals surface area contributed by atoms with Crippen molar-refractivity contribution in [2.75, 3.05) is 0 Å². The molecule has 0 N–H and O–H groups in total. The van der Waals surface area contributed by atoms with Crippen molar-refractivity contribution in [3.63, 3.8) is 0 Å². The molecule has 2 rings (SSSR count). The second-order valence-electron chi connectivity index (χ2n) is 3.56. The molecule has 0 aliphatic rings. The Labute approximate surface area is 112 Å². The van der Waals surface area contributed by atoms with Gasteiger partial charge in [0.15, 0.2) is 0 Å². The number of hydrogen-bond donors (Lipinski definition) is 0. The molecule has 0 aliphatic heterocycles. The Balaban J connectivity index is 2.29. The molecule has 2 aromatic carbocycles. The van der Waals surface area contributed by atoms with Crippen LogP contribution in [0.4, 0.5) is 11.4 Å². The average Bonchev–Trinajstić information content (AvgIpc) is 2.38. The first-order valence-corrected chi connectivity index (χ1v) is 5.99. The third kappa shape index (κ3) is 3.01. The second kappa shape index (κ2) is 5.55. The molecule has 0 unspecified atom stereocenters. The second-order valence-corrected chi connectivity index (χ2v) is 4.47. The molecule has 90 valence electrons. The van der Waals surface area contributed by atoms with Gasteiger partial charge in [0.05, 0.1) is 4.92 Å². The molecule has 0 amide bonds. The summed E-state index contributed by atoms with van der Waals surface area (Å²) in [4.78, 5) is 14.5. The zero-order valence-corrected chi connectivity index (χ0v) is 10.9. The lowest BCUT2D eigenvalue weighted by Crippen LogP contribution is -1.88. The van der Waals surface area contributed by atoms with Crippen LogP contribution in [0.25, 0.3) is 0 Å². The van der Waals surface area contributed by atoms with Crippen LogP contribution in [0.5, 0.6) is 0 Å². The molecule has 5 heteroatoms. The Morgan fingerprint density at radius 3 is 2.44 bits per heavy atom. The van der Waals surface area contributed by atoms with E-state index < -0.39 is 4.92 Å². The normalized spacial score (nSPS) is 10.7. The quantitative estimate of drug-likeness (QED) is 0.487. The Bertz CT molecular complexity index is 594. The van der Waals surface area contributed by atoms with Crippen LogP contribution >= 0.6 is 15.9 Å². The monoisotopic (exact) mass is 304 g/mol. The van der Waals surface area contributed by atoms with E-state index in [1.165, 1.54) is 6.07 Å². The summed E-state index contributed by atoms with van der Waals surface area (Å²) in [5.74, 6) is 0. The summed E-state index contributed by atoms with van der Waals surface area (Å²) in [5.41, 5.74) is 1.24. The summed E-state index contributed by atoms with van der Waals surface area (Å²) < 4.78 is 0.977. The summed E-state index contributed by atoms with van der Waals surface area (Å²) in [6.45, 7) is 0. The molecular weight excluding hydrogens is 296 g/mol. The molecule has 0 radical (unpaired) electrons. The molecular formula is C13H9BrN2O2. The standard InChI is InChI=1S/C13H9BrN2O2/c14-11-7-5-10(6-8-11)9-15-12-3-1-2-4-13(12)16(17)18/h1-9H. The maximum Gasteiger partial charge on any atom is 0.294 e. The number of nitrogens with zero attached hydrogens (tertiary/aromatic N) is 2. The third-order valence-corrected chi connectivity index (χ3v) is 2.83. The molecule has 0 spiro atoms. The van der Waals surface area contributed by atoms with Crippen LogP contribution in [0, 0.1) is 10.1 Å².